The molecule has 0 saturated heterocycles. The number of halogens is 3. The van der Waals surface area contributed by atoms with Gasteiger partial charge in [0.2, 0.25) is 0 Å². The number of benzene rings is 1. The van der Waals surface area contributed by atoms with Crippen molar-refractivity contribution in [2.24, 2.45) is 0 Å². The Morgan fingerprint density at radius 3 is 2.60 bits per heavy atom. The molecule has 0 N–H and O–H groups in total. The fourth-order valence-corrected chi connectivity index (χ4v) is 4.09. The molecular formula is C14H15BrCl2N2S. The van der Waals surface area contributed by atoms with Crippen molar-refractivity contribution in [1.82, 2.24) is 9.78 Å². The van der Waals surface area contributed by atoms with Crippen LogP contribution in [0.2, 0.25) is 10.0 Å². The standard InChI is InChI=1S/C14H15BrCl2N2S/c1-3-12-14(15)13(19(4-2)18-12)8-20-9-5-6-10(16)11(17)7-9/h5-7H,3-4,8H2,1-2H3. The van der Waals surface area contributed by atoms with Crippen LogP contribution in [0.15, 0.2) is 27.6 Å². The van der Waals surface area contributed by atoms with Crippen LogP contribution < -0.4 is 0 Å². The number of thioether (sulfide) groups is 1. The smallest absolute Gasteiger partial charge is 0.0767 e. The third-order valence-electron chi connectivity index (χ3n) is 2.96. The molecule has 6 heteroatoms. The molecule has 0 aliphatic heterocycles. The van der Waals surface area contributed by atoms with Crippen LogP contribution in [-0.2, 0) is 18.7 Å². The van der Waals surface area contributed by atoms with E-state index in [1.807, 2.05) is 22.9 Å². The van der Waals surface area contributed by atoms with Gasteiger partial charge in [-0.25, -0.2) is 0 Å². The fourth-order valence-electron chi connectivity index (χ4n) is 1.87. The molecule has 1 heterocycles. The maximum atomic E-state index is 6.04. The molecule has 1 aromatic heterocycles. The number of aryl methyl sites for hydroxylation is 2. The van der Waals surface area contributed by atoms with Crippen molar-refractivity contribution in [3.8, 4) is 0 Å². The van der Waals surface area contributed by atoms with Gasteiger partial charge in [0, 0.05) is 17.2 Å². The van der Waals surface area contributed by atoms with E-state index in [1.165, 1.54) is 5.69 Å². The van der Waals surface area contributed by atoms with E-state index >= 15 is 0 Å². The summed E-state index contributed by atoms with van der Waals surface area (Å²) in [5.41, 5.74) is 2.32. The maximum absolute atomic E-state index is 6.04. The average molecular weight is 394 g/mol. The Hall–Kier alpha value is -0.160. The zero-order valence-corrected chi connectivity index (χ0v) is 15.2. The number of nitrogens with zero attached hydrogens (tertiary/aromatic N) is 2. The fraction of sp³-hybridized carbons (Fsp3) is 0.357. The first kappa shape index (κ1) is 16.2. The van der Waals surface area contributed by atoms with Gasteiger partial charge in [-0.05, 0) is 47.5 Å². The summed E-state index contributed by atoms with van der Waals surface area (Å²) in [6.07, 6.45) is 0.929. The van der Waals surface area contributed by atoms with Crippen LogP contribution in [0.25, 0.3) is 0 Å². The van der Waals surface area contributed by atoms with E-state index in [0.717, 1.165) is 33.8 Å². The van der Waals surface area contributed by atoms with Gasteiger partial charge >= 0.3 is 0 Å². The minimum absolute atomic E-state index is 0.587. The monoisotopic (exact) mass is 392 g/mol. The van der Waals surface area contributed by atoms with Crippen LogP contribution >= 0.6 is 50.9 Å². The maximum Gasteiger partial charge on any atom is 0.0767 e. The summed E-state index contributed by atoms with van der Waals surface area (Å²) < 4.78 is 3.17. The van der Waals surface area contributed by atoms with Crippen molar-refractivity contribution in [3.63, 3.8) is 0 Å². The molecule has 2 rings (SSSR count). The van der Waals surface area contributed by atoms with Crippen molar-refractivity contribution in [2.45, 2.75) is 37.5 Å². The summed E-state index contributed by atoms with van der Waals surface area (Å²) >= 11 is 17.4. The lowest BCUT2D eigenvalue weighted by Crippen LogP contribution is -2.01. The molecule has 0 aliphatic rings. The van der Waals surface area contributed by atoms with Gasteiger partial charge < -0.3 is 0 Å². The first-order valence-corrected chi connectivity index (χ1v) is 8.92. The first-order valence-electron chi connectivity index (χ1n) is 6.38. The summed E-state index contributed by atoms with van der Waals surface area (Å²) in [5, 5.41) is 5.78. The van der Waals surface area contributed by atoms with Gasteiger partial charge in [0.25, 0.3) is 0 Å². The second-order valence-corrected chi connectivity index (χ2v) is 6.90. The van der Waals surface area contributed by atoms with Crippen molar-refractivity contribution in [3.05, 3.63) is 44.1 Å². The molecule has 0 radical (unpaired) electrons. The lowest BCUT2D eigenvalue weighted by atomic mass is 10.3. The highest BCUT2D eigenvalue weighted by molar-refractivity contribution is 9.10. The lowest BCUT2D eigenvalue weighted by Gasteiger charge is -2.06. The quantitative estimate of drug-likeness (QED) is 0.595. The second kappa shape index (κ2) is 7.21. The normalized spacial score (nSPS) is 11.1. The van der Waals surface area contributed by atoms with Crippen LogP contribution in [0.3, 0.4) is 0 Å². The summed E-state index contributed by atoms with van der Waals surface area (Å²) in [7, 11) is 0. The van der Waals surface area contributed by atoms with E-state index in [0.29, 0.717) is 10.0 Å². The van der Waals surface area contributed by atoms with E-state index in [2.05, 4.69) is 34.9 Å². The molecular weight excluding hydrogens is 379 g/mol. The Morgan fingerprint density at radius 1 is 1.25 bits per heavy atom. The van der Waals surface area contributed by atoms with Crippen molar-refractivity contribution >= 4 is 50.9 Å². The van der Waals surface area contributed by atoms with E-state index < -0.39 is 0 Å². The Balaban J connectivity index is 2.17. The Morgan fingerprint density at radius 2 is 2.00 bits per heavy atom. The van der Waals surface area contributed by atoms with Gasteiger partial charge in [0.1, 0.15) is 0 Å². The molecule has 0 spiro atoms. The number of aromatic nitrogens is 2. The molecule has 0 aliphatic carbocycles. The molecule has 0 amide bonds. The summed E-state index contributed by atoms with van der Waals surface area (Å²) in [6.45, 7) is 5.09. The number of hydrogen-bond donors (Lipinski definition) is 0. The highest BCUT2D eigenvalue weighted by Gasteiger charge is 2.14. The lowest BCUT2D eigenvalue weighted by molar-refractivity contribution is 0.627. The molecule has 0 saturated carbocycles. The molecule has 0 bridgehead atoms. The highest BCUT2D eigenvalue weighted by Crippen LogP contribution is 2.32. The van der Waals surface area contributed by atoms with Gasteiger partial charge in [-0.2, -0.15) is 5.10 Å². The third-order valence-corrected chi connectivity index (χ3v) is 5.62. The van der Waals surface area contributed by atoms with Gasteiger partial charge in [-0.1, -0.05) is 30.1 Å². The minimum atomic E-state index is 0.587. The molecule has 1 aromatic carbocycles. The average Bonchev–Trinajstić information content (AvgIpc) is 2.76. The molecule has 20 heavy (non-hydrogen) atoms. The van der Waals surface area contributed by atoms with Crippen molar-refractivity contribution in [1.29, 1.82) is 0 Å². The van der Waals surface area contributed by atoms with Crippen molar-refractivity contribution < 1.29 is 0 Å². The first-order chi connectivity index (χ1) is 9.56. The van der Waals surface area contributed by atoms with Crippen LogP contribution in [0.1, 0.15) is 25.2 Å². The molecule has 0 unspecified atom stereocenters. The van der Waals surface area contributed by atoms with Crippen LogP contribution in [0.4, 0.5) is 0 Å². The Kier molecular flexibility index (Phi) is 5.84. The number of rotatable bonds is 5. The number of hydrogen-bond acceptors (Lipinski definition) is 2. The molecule has 2 aromatic rings. The van der Waals surface area contributed by atoms with Gasteiger partial charge in [-0.3, -0.25) is 4.68 Å². The van der Waals surface area contributed by atoms with E-state index in [4.69, 9.17) is 23.2 Å². The molecule has 0 fully saturated rings. The predicted octanol–water partition coefficient (Wildman–Crippen LogP) is 5.83. The molecule has 0 atom stereocenters. The van der Waals surface area contributed by atoms with E-state index in [9.17, 15) is 0 Å². The highest BCUT2D eigenvalue weighted by atomic mass is 79.9. The van der Waals surface area contributed by atoms with Gasteiger partial charge in [-0.15, -0.1) is 11.8 Å². The summed E-state index contributed by atoms with van der Waals surface area (Å²) in [4.78, 5) is 1.10. The van der Waals surface area contributed by atoms with Gasteiger partial charge in [0.05, 0.1) is 25.9 Å². The van der Waals surface area contributed by atoms with Crippen LogP contribution in [-0.4, -0.2) is 9.78 Å². The summed E-state index contributed by atoms with van der Waals surface area (Å²) in [5.74, 6) is 0.847. The van der Waals surface area contributed by atoms with E-state index in [-0.39, 0.29) is 0 Å². The minimum Gasteiger partial charge on any atom is -0.268 e. The third kappa shape index (κ3) is 3.53. The van der Waals surface area contributed by atoms with Gasteiger partial charge in [0.15, 0.2) is 0 Å². The molecule has 2 nitrogen and oxygen atoms in total. The van der Waals surface area contributed by atoms with E-state index in [1.54, 1.807) is 11.8 Å². The Labute approximate surface area is 142 Å². The van der Waals surface area contributed by atoms with Crippen LogP contribution in [0.5, 0.6) is 0 Å². The van der Waals surface area contributed by atoms with Crippen molar-refractivity contribution in [2.75, 3.05) is 0 Å². The summed E-state index contributed by atoms with van der Waals surface area (Å²) in [6, 6.07) is 5.71. The zero-order valence-electron chi connectivity index (χ0n) is 11.3. The largest absolute Gasteiger partial charge is 0.268 e. The molecule has 108 valence electrons. The predicted molar refractivity (Wildman–Crippen MR) is 91.0 cm³/mol. The topological polar surface area (TPSA) is 17.8 Å². The zero-order chi connectivity index (χ0) is 14.7. The van der Waals surface area contributed by atoms with Crippen LogP contribution in [0, 0.1) is 0 Å². The second-order valence-electron chi connectivity index (χ2n) is 4.24. The SMILES string of the molecule is CCc1nn(CC)c(CSc2ccc(Cl)c(Cl)c2)c1Br. The Bertz CT molecular complexity index is 613.